The van der Waals surface area contributed by atoms with E-state index in [1.807, 2.05) is 12.1 Å². The Labute approximate surface area is 169 Å². The predicted octanol–water partition coefficient (Wildman–Crippen LogP) is 4.18. The molecule has 152 valence electrons. The van der Waals surface area contributed by atoms with Crippen LogP contribution in [0.2, 0.25) is 0 Å². The zero-order chi connectivity index (χ0) is 19.9. The summed E-state index contributed by atoms with van der Waals surface area (Å²) in [6.07, 6.45) is 7.03. The number of nitrogens with one attached hydrogen (secondary N) is 1. The number of aryl methyl sites for hydroxylation is 1. The fourth-order valence-corrected chi connectivity index (χ4v) is 4.45. The molecule has 0 spiro atoms. The molecule has 0 unspecified atom stereocenters. The Morgan fingerprint density at radius 3 is 2.36 bits per heavy atom. The molecule has 1 fully saturated rings. The lowest BCUT2D eigenvalue weighted by atomic mass is 9.90. The van der Waals surface area contributed by atoms with Gasteiger partial charge < -0.3 is 19.5 Å². The lowest BCUT2D eigenvalue weighted by molar-refractivity contribution is -0.116. The van der Waals surface area contributed by atoms with E-state index in [1.165, 1.54) is 43.4 Å². The van der Waals surface area contributed by atoms with Gasteiger partial charge in [-0.15, -0.1) is 10.2 Å². The number of nitrogens with zero attached hydrogens (tertiary/aromatic N) is 2. The second kappa shape index (κ2) is 9.73. The number of anilines is 1. The molecule has 7 nitrogen and oxygen atoms in total. The molecular formula is C20H27N3O4S. The van der Waals surface area contributed by atoms with Gasteiger partial charge in [-0.3, -0.25) is 4.79 Å². The highest BCUT2D eigenvalue weighted by molar-refractivity contribution is 7.15. The Hall–Kier alpha value is -2.35. The molecule has 1 aliphatic rings. The normalized spacial score (nSPS) is 14.5. The maximum absolute atomic E-state index is 12.3. The molecule has 1 amide bonds. The smallest absolute Gasteiger partial charge is 0.226 e. The number of amides is 1. The van der Waals surface area contributed by atoms with Gasteiger partial charge in [0, 0.05) is 12.3 Å². The van der Waals surface area contributed by atoms with Gasteiger partial charge in [-0.2, -0.15) is 0 Å². The molecule has 2 aromatic rings. The molecule has 0 aliphatic heterocycles. The van der Waals surface area contributed by atoms with Gasteiger partial charge in [0.15, 0.2) is 11.5 Å². The van der Waals surface area contributed by atoms with Crippen LogP contribution in [0, 0.1) is 0 Å². The second-order valence-electron chi connectivity index (χ2n) is 6.86. The number of hydrogen-bond donors (Lipinski definition) is 1. The number of carbonyl (C=O) groups excluding carboxylic acids is 1. The van der Waals surface area contributed by atoms with E-state index in [4.69, 9.17) is 14.2 Å². The topological polar surface area (TPSA) is 82.6 Å². The van der Waals surface area contributed by atoms with Crippen LogP contribution in [-0.4, -0.2) is 37.4 Å². The third-order valence-corrected chi connectivity index (χ3v) is 6.01. The number of aromatic nitrogens is 2. The van der Waals surface area contributed by atoms with Crippen LogP contribution in [0.4, 0.5) is 5.13 Å². The van der Waals surface area contributed by atoms with Crippen LogP contribution in [-0.2, 0) is 11.2 Å². The summed E-state index contributed by atoms with van der Waals surface area (Å²) in [6, 6.07) is 3.72. The summed E-state index contributed by atoms with van der Waals surface area (Å²) in [6.45, 7) is 0. The fourth-order valence-electron chi connectivity index (χ4n) is 3.52. The molecule has 3 rings (SSSR count). The fraction of sp³-hybridized carbons (Fsp3) is 0.550. The predicted molar refractivity (Wildman–Crippen MR) is 109 cm³/mol. The van der Waals surface area contributed by atoms with Crippen molar-refractivity contribution in [2.24, 2.45) is 0 Å². The molecule has 1 aromatic heterocycles. The van der Waals surface area contributed by atoms with Gasteiger partial charge in [0.25, 0.3) is 0 Å². The number of hydrogen-bond acceptors (Lipinski definition) is 7. The molecule has 1 aliphatic carbocycles. The van der Waals surface area contributed by atoms with Gasteiger partial charge in [0.05, 0.1) is 21.3 Å². The Balaban J connectivity index is 1.58. The third-order valence-electron chi connectivity index (χ3n) is 5.01. The van der Waals surface area contributed by atoms with E-state index < -0.39 is 0 Å². The van der Waals surface area contributed by atoms with Gasteiger partial charge in [-0.1, -0.05) is 30.6 Å². The standard InChI is InChI=1S/C20H27N3O4S/c1-25-15-11-13(12-16(26-2)18(15)27-3)9-10-17(24)21-20-23-22-19(28-20)14-7-5-4-6-8-14/h11-12,14H,4-10H2,1-3H3,(H,21,23,24). The Morgan fingerprint density at radius 2 is 1.75 bits per heavy atom. The Bertz CT molecular complexity index is 777. The van der Waals surface area contributed by atoms with Crippen LogP contribution in [0.1, 0.15) is 55.0 Å². The van der Waals surface area contributed by atoms with Crippen molar-refractivity contribution in [2.45, 2.75) is 50.9 Å². The van der Waals surface area contributed by atoms with Crippen LogP contribution in [0.25, 0.3) is 0 Å². The number of carbonyl (C=O) groups is 1. The van der Waals surface area contributed by atoms with Crippen molar-refractivity contribution in [1.29, 1.82) is 0 Å². The molecule has 1 N–H and O–H groups in total. The van der Waals surface area contributed by atoms with Gasteiger partial charge in [-0.05, 0) is 37.0 Å². The summed E-state index contributed by atoms with van der Waals surface area (Å²) in [4.78, 5) is 12.3. The molecule has 8 heteroatoms. The molecule has 0 bridgehead atoms. The largest absolute Gasteiger partial charge is 0.493 e. The average Bonchev–Trinajstić information content (AvgIpc) is 3.20. The molecule has 28 heavy (non-hydrogen) atoms. The van der Waals surface area contributed by atoms with Crippen molar-refractivity contribution < 1.29 is 19.0 Å². The van der Waals surface area contributed by atoms with Crippen LogP contribution >= 0.6 is 11.3 Å². The lowest BCUT2D eigenvalue weighted by Crippen LogP contribution is -2.12. The molecule has 1 aromatic carbocycles. The van der Waals surface area contributed by atoms with Crippen molar-refractivity contribution in [1.82, 2.24) is 10.2 Å². The summed E-state index contributed by atoms with van der Waals surface area (Å²) in [5, 5.41) is 12.9. The van der Waals surface area contributed by atoms with E-state index in [0.29, 0.717) is 41.1 Å². The third kappa shape index (κ3) is 4.92. The van der Waals surface area contributed by atoms with Gasteiger partial charge >= 0.3 is 0 Å². The van der Waals surface area contributed by atoms with Gasteiger partial charge in [0.1, 0.15) is 5.01 Å². The number of rotatable bonds is 8. The maximum atomic E-state index is 12.3. The second-order valence-corrected chi connectivity index (χ2v) is 7.87. The van der Waals surface area contributed by atoms with Crippen LogP contribution in [0.15, 0.2) is 12.1 Å². The Kier molecular flexibility index (Phi) is 7.08. The maximum Gasteiger partial charge on any atom is 0.226 e. The monoisotopic (exact) mass is 405 g/mol. The van der Waals surface area contributed by atoms with Crippen LogP contribution in [0.3, 0.4) is 0 Å². The van der Waals surface area contributed by atoms with Crippen molar-refractivity contribution in [3.63, 3.8) is 0 Å². The van der Waals surface area contributed by atoms with Crippen LogP contribution in [0.5, 0.6) is 17.2 Å². The average molecular weight is 406 g/mol. The SMILES string of the molecule is COc1cc(CCC(=O)Nc2nnc(C3CCCCC3)s2)cc(OC)c1OC. The molecule has 1 heterocycles. The van der Waals surface area contributed by atoms with E-state index in [1.54, 1.807) is 21.3 Å². The first-order chi connectivity index (χ1) is 13.6. The van der Waals surface area contributed by atoms with Crippen molar-refractivity contribution in [2.75, 3.05) is 26.6 Å². The highest BCUT2D eigenvalue weighted by atomic mass is 32.1. The van der Waals surface area contributed by atoms with E-state index in [2.05, 4.69) is 15.5 Å². The number of ether oxygens (including phenoxy) is 3. The highest BCUT2D eigenvalue weighted by Crippen LogP contribution is 2.38. The summed E-state index contributed by atoms with van der Waals surface area (Å²) >= 11 is 1.50. The first-order valence-electron chi connectivity index (χ1n) is 9.56. The highest BCUT2D eigenvalue weighted by Gasteiger charge is 2.20. The van der Waals surface area contributed by atoms with Gasteiger partial charge in [-0.25, -0.2) is 0 Å². The Morgan fingerprint density at radius 1 is 1.07 bits per heavy atom. The number of methoxy groups -OCH3 is 3. The minimum absolute atomic E-state index is 0.0832. The quantitative estimate of drug-likeness (QED) is 0.709. The zero-order valence-electron chi connectivity index (χ0n) is 16.6. The lowest BCUT2D eigenvalue weighted by Gasteiger charge is -2.18. The summed E-state index contributed by atoms with van der Waals surface area (Å²) in [5.74, 6) is 2.12. The summed E-state index contributed by atoms with van der Waals surface area (Å²) in [7, 11) is 4.72. The van der Waals surface area contributed by atoms with Crippen molar-refractivity contribution in [3.05, 3.63) is 22.7 Å². The van der Waals surface area contributed by atoms with Crippen LogP contribution < -0.4 is 19.5 Å². The van der Waals surface area contributed by atoms with E-state index in [9.17, 15) is 4.79 Å². The van der Waals surface area contributed by atoms with E-state index in [0.717, 1.165) is 10.6 Å². The van der Waals surface area contributed by atoms with Gasteiger partial charge in [0.2, 0.25) is 16.8 Å². The molecular weight excluding hydrogens is 378 g/mol. The minimum Gasteiger partial charge on any atom is -0.493 e. The van der Waals surface area contributed by atoms with Crippen molar-refractivity contribution >= 4 is 22.4 Å². The molecule has 0 saturated heterocycles. The first-order valence-corrected chi connectivity index (χ1v) is 10.4. The van der Waals surface area contributed by atoms with E-state index in [-0.39, 0.29) is 5.91 Å². The van der Waals surface area contributed by atoms with Crippen molar-refractivity contribution in [3.8, 4) is 17.2 Å². The zero-order valence-corrected chi connectivity index (χ0v) is 17.4. The molecule has 0 atom stereocenters. The molecule has 1 saturated carbocycles. The number of benzene rings is 1. The first kappa shape index (κ1) is 20.4. The molecule has 0 radical (unpaired) electrons. The van der Waals surface area contributed by atoms with E-state index >= 15 is 0 Å². The summed E-state index contributed by atoms with van der Waals surface area (Å²) in [5.41, 5.74) is 0.935. The minimum atomic E-state index is -0.0832. The summed E-state index contributed by atoms with van der Waals surface area (Å²) < 4.78 is 16.0.